The minimum Gasteiger partial charge on any atom is -0.352 e. The SMILES string of the molecule is CCNCc1cc(S(=O)(=O)NCCC(C)C)cn1C. The van der Waals surface area contributed by atoms with Crippen LogP contribution in [0, 0.1) is 5.92 Å². The second kappa shape index (κ2) is 7.07. The molecule has 0 aliphatic carbocycles. The van der Waals surface area contributed by atoms with E-state index in [0.717, 1.165) is 18.7 Å². The van der Waals surface area contributed by atoms with Gasteiger partial charge in [0.25, 0.3) is 0 Å². The predicted octanol–water partition coefficient (Wildman–Crippen LogP) is 1.46. The van der Waals surface area contributed by atoms with Gasteiger partial charge in [-0.3, -0.25) is 0 Å². The molecule has 1 rings (SSSR count). The molecule has 1 aromatic heterocycles. The highest BCUT2D eigenvalue weighted by atomic mass is 32.2. The first-order valence-corrected chi connectivity index (χ1v) is 8.20. The summed E-state index contributed by atoms with van der Waals surface area (Å²) in [6.07, 6.45) is 2.50. The number of hydrogen-bond acceptors (Lipinski definition) is 3. The molecule has 0 spiro atoms. The topological polar surface area (TPSA) is 63.1 Å². The highest BCUT2D eigenvalue weighted by Gasteiger charge is 2.16. The van der Waals surface area contributed by atoms with Crippen molar-refractivity contribution in [2.75, 3.05) is 13.1 Å². The van der Waals surface area contributed by atoms with Crippen molar-refractivity contribution in [2.45, 2.75) is 38.6 Å². The second-order valence-corrected chi connectivity index (χ2v) is 6.91. The molecule has 0 amide bonds. The number of rotatable bonds is 8. The lowest BCUT2D eigenvalue weighted by molar-refractivity contribution is 0.551. The van der Waals surface area contributed by atoms with Crippen LogP contribution in [0.5, 0.6) is 0 Å². The fourth-order valence-electron chi connectivity index (χ4n) is 1.72. The normalized spacial score (nSPS) is 12.3. The molecule has 0 unspecified atom stereocenters. The largest absolute Gasteiger partial charge is 0.352 e. The summed E-state index contributed by atoms with van der Waals surface area (Å²) in [6.45, 7) is 8.19. The summed E-state index contributed by atoms with van der Waals surface area (Å²) in [5, 5.41) is 3.19. The summed E-state index contributed by atoms with van der Waals surface area (Å²) in [4.78, 5) is 0.339. The van der Waals surface area contributed by atoms with Crippen LogP contribution in [-0.2, 0) is 23.6 Å². The third kappa shape index (κ3) is 4.97. The van der Waals surface area contributed by atoms with Gasteiger partial charge in [-0.25, -0.2) is 13.1 Å². The lowest BCUT2D eigenvalue weighted by Crippen LogP contribution is -2.25. The highest BCUT2D eigenvalue weighted by molar-refractivity contribution is 7.89. The highest BCUT2D eigenvalue weighted by Crippen LogP contribution is 2.13. The molecular weight excluding hydrogens is 262 g/mol. The molecule has 6 heteroatoms. The maximum absolute atomic E-state index is 12.1. The van der Waals surface area contributed by atoms with Crippen molar-refractivity contribution in [1.29, 1.82) is 0 Å². The molecular formula is C13H25N3O2S. The van der Waals surface area contributed by atoms with Gasteiger partial charge in [0.15, 0.2) is 0 Å². The maximum Gasteiger partial charge on any atom is 0.242 e. The van der Waals surface area contributed by atoms with Gasteiger partial charge in [-0.1, -0.05) is 20.8 Å². The third-order valence-electron chi connectivity index (χ3n) is 2.96. The van der Waals surface area contributed by atoms with E-state index in [1.807, 2.05) is 18.5 Å². The standard InChI is InChI=1S/C13H25N3O2S/c1-5-14-9-12-8-13(10-16(12)4)19(17,18)15-7-6-11(2)3/h8,10-11,14-15H,5-7,9H2,1-4H3. The van der Waals surface area contributed by atoms with E-state index in [1.165, 1.54) is 0 Å². The molecule has 0 aliphatic rings. The van der Waals surface area contributed by atoms with Crippen LogP contribution in [0.4, 0.5) is 0 Å². The van der Waals surface area contributed by atoms with Crippen LogP contribution in [0.25, 0.3) is 0 Å². The molecule has 2 N–H and O–H groups in total. The summed E-state index contributed by atoms with van der Waals surface area (Å²) in [7, 11) is -1.52. The molecule has 0 saturated carbocycles. The van der Waals surface area contributed by atoms with E-state index in [4.69, 9.17) is 0 Å². The summed E-state index contributed by atoms with van der Waals surface area (Å²) < 4.78 is 28.7. The van der Waals surface area contributed by atoms with E-state index >= 15 is 0 Å². The number of hydrogen-bond donors (Lipinski definition) is 2. The zero-order valence-electron chi connectivity index (χ0n) is 12.2. The van der Waals surface area contributed by atoms with Gasteiger partial charge in [-0.05, 0) is 24.9 Å². The summed E-state index contributed by atoms with van der Waals surface area (Å²) >= 11 is 0. The first-order valence-electron chi connectivity index (χ1n) is 6.72. The van der Waals surface area contributed by atoms with E-state index in [9.17, 15) is 8.42 Å². The molecule has 0 bridgehead atoms. The Morgan fingerprint density at radius 3 is 2.63 bits per heavy atom. The average molecular weight is 287 g/mol. The quantitative estimate of drug-likeness (QED) is 0.761. The Hall–Kier alpha value is -0.850. The molecule has 110 valence electrons. The Labute approximate surface area is 116 Å². The van der Waals surface area contributed by atoms with Crippen LogP contribution in [0.2, 0.25) is 0 Å². The number of aryl methyl sites for hydroxylation is 1. The van der Waals surface area contributed by atoms with Gasteiger partial charge in [-0.15, -0.1) is 0 Å². The number of nitrogens with zero attached hydrogens (tertiary/aromatic N) is 1. The zero-order valence-corrected chi connectivity index (χ0v) is 13.0. The van der Waals surface area contributed by atoms with Crippen molar-refractivity contribution in [1.82, 2.24) is 14.6 Å². The first-order chi connectivity index (χ1) is 8.86. The van der Waals surface area contributed by atoms with Crippen molar-refractivity contribution in [3.05, 3.63) is 18.0 Å². The summed E-state index contributed by atoms with van der Waals surface area (Å²) in [5.74, 6) is 0.489. The minimum absolute atomic E-state index is 0.339. The summed E-state index contributed by atoms with van der Waals surface area (Å²) in [6, 6.07) is 1.72. The Balaban J connectivity index is 2.72. The molecule has 19 heavy (non-hydrogen) atoms. The molecule has 0 atom stereocenters. The second-order valence-electron chi connectivity index (χ2n) is 5.14. The van der Waals surface area contributed by atoms with E-state index in [2.05, 4.69) is 23.9 Å². The lowest BCUT2D eigenvalue weighted by atomic mass is 10.1. The van der Waals surface area contributed by atoms with Gasteiger partial charge in [-0.2, -0.15) is 0 Å². The Kier molecular flexibility index (Phi) is 6.03. The minimum atomic E-state index is -3.38. The summed E-state index contributed by atoms with van der Waals surface area (Å²) in [5.41, 5.74) is 0.964. The van der Waals surface area contributed by atoms with Crippen LogP contribution >= 0.6 is 0 Å². The van der Waals surface area contributed by atoms with E-state index < -0.39 is 10.0 Å². The number of sulfonamides is 1. The molecule has 1 heterocycles. The van der Waals surface area contributed by atoms with Gasteiger partial charge in [0.1, 0.15) is 0 Å². The van der Waals surface area contributed by atoms with Crippen LogP contribution in [0.15, 0.2) is 17.2 Å². The van der Waals surface area contributed by atoms with Gasteiger partial charge >= 0.3 is 0 Å². The third-order valence-corrected chi connectivity index (χ3v) is 4.39. The van der Waals surface area contributed by atoms with Gasteiger partial charge in [0, 0.05) is 32.0 Å². The molecule has 1 aromatic rings. The van der Waals surface area contributed by atoms with Crippen molar-refractivity contribution < 1.29 is 8.42 Å². The van der Waals surface area contributed by atoms with E-state index in [1.54, 1.807) is 12.3 Å². The Morgan fingerprint density at radius 2 is 2.05 bits per heavy atom. The van der Waals surface area contributed by atoms with Crippen molar-refractivity contribution in [3.8, 4) is 0 Å². The lowest BCUT2D eigenvalue weighted by Gasteiger charge is -2.06. The van der Waals surface area contributed by atoms with Crippen LogP contribution in [0.3, 0.4) is 0 Å². The van der Waals surface area contributed by atoms with E-state index in [-0.39, 0.29) is 0 Å². The molecule has 0 radical (unpaired) electrons. The van der Waals surface area contributed by atoms with Crippen molar-refractivity contribution >= 4 is 10.0 Å². The smallest absolute Gasteiger partial charge is 0.242 e. The first kappa shape index (κ1) is 16.2. The zero-order chi connectivity index (χ0) is 14.5. The number of aromatic nitrogens is 1. The molecule has 0 saturated heterocycles. The van der Waals surface area contributed by atoms with Gasteiger partial charge < -0.3 is 9.88 Å². The molecule has 0 aliphatic heterocycles. The van der Waals surface area contributed by atoms with E-state index in [0.29, 0.717) is 23.9 Å². The van der Waals surface area contributed by atoms with Crippen molar-refractivity contribution in [3.63, 3.8) is 0 Å². The van der Waals surface area contributed by atoms with Crippen LogP contribution in [0.1, 0.15) is 32.9 Å². The van der Waals surface area contributed by atoms with Crippen molar-refractivity contribution in [2.24, 2.45) is 13.0 Å². The fourth-order valence-corrected chi connectivity index (χ4v) is 2.86. The average Bonchev–Trinajstić information content (AvgIpc) is 2.68. The molecule has 5 nitrogen and oxygen atoms in total. The van der Waals surface area contributed by atoms with Gasteiger partial charge in [0.05, 0.1) is 4.90 Å². The molecule has 0 fully saturated rings. The molecule has 0 aromatic carbocycles. The van der Waals surface area contributed by atoms with Crippen LogP contribution < -0.4 is 10.0 Å². The van der Waals surface area contributed by atoms with Gasteiger partial charge in [0.2, 0.25) is 10.0 Å². The predicted molar refractivity (Wildman–Crippen MR) is 77.4 cm³/mol. The Morgan fingerprint density at radius 1 is 1.37 bits per heavy atom. The van der Waals surface area contributed by atoms with Crippen LogP contribution in [-0.4, -0.2) is 26.1 Å². The monoisotopic (exact) mass is 287 g/mol. The number of nitrogens with one attached hydrogen (secondary N) is 2. The Bertz CT molecular complexity index is 492. The fraction of sp³-hybridized carbons (Fsp3) is 0.692. The maximum atomic E-state index is 12.1.